The number of fused-ring (bicyclic) bond motifs is 1. The highest BCUT2D eigenvalue weighted by Gasteiger charge is 2.48. The van der Waals surface area contributed by atoms with E-state index < -0.39 is 26.1 Å². The minimum atomic E-state index is -5.47. The van der Waals surface area contributed by atoms with E-state index in [1.807, 2.05) is 0 Å². The van der Waals surface area contributed by atoms with Gasteiger partial charge in [0, 0.05) is 6.07 Å². The molecule has 0 heterocycles. The van der Waals surface area contributed by atoms with Gasteiger partial charge < -0.3 is 4.74 Å². The zero-order valence-electron chi connectivity index (χ0n) is 13.1. The second-order valence-electron chi connectivity index (χ2n) is 5.71. The van der Waals surface area contributed by atoms with Gasteiger partial charge in [-0.15, -0.1) is 0 Å². The summed E-state index contributed by atoms with van der Waals surface area (Å²) in [6.45, 7) is 0. The third-order valence-corrected chi connectivity index (χ3v) is 5.59. The van der Waals surface area contributed by atoms with E-state index in [2.05, 4.69) is 0 Å². The van der Waals surface area contributed by atoms with Crippen LogP contribution in [0.1, 0.15) is 23.1 Å². The number of alkyl halides is 3. The lowest BCUT2D eigenvalue weighted by Crippen LogP contribution is -2.24. The number of nitrogens with zero attached hydrogens (tertiary/aromatic N) is 1. The number of hydrogen-bond donors (Lipinski definition) is 0. The number of sulfone groups is 1. The largest absolute Gasteiger partial charge is 0.501 e. The third kappa shape index (κ3) is 3.12. The Morgan fingerprint density at radius 1 is 1.08 bits per heavy atom. The molecule has 1 aliphatic rings. The van der Waals surface area contributed by atoms with E-state index in [9.17, 15) is 26.0 Å². The average molecular weight is 385 g/mol. The summed E-state index contributed by atoms with van der Waals surface area (Å²) in [6.07, 6.45) is 0.985. The summed E-state index contributed by atoms with van der Waals surface area (Å²) in [4.78, 5) is -0.776. The summed E-state index contributed by atoms with van der Waals surface area (Å²) in [5.41, 5.74) is -4.96. The van der Waals surface area contributed by atoms with Gasteiger partial charge in [-0.3, -0.25) is 0 Å². The van der Waals surface area contributed by atoms with Crippen LogP contribution in [0.25, 0.3) is 0 Å². The van der Waals surface area contributed by atoms with E-state index in [4.69, 9.17) is 10.00 Å². The predicted molar refractivity (Wildman–Crippen MR) is 82.9 cm³/mol. The van der Waals surface area contributed by atoms with Gasteiger partial charge in [0.2, 0.25) is 0 Å². The molecule has 0 aromatic heterocycles. The Morgan fingerprint density at radius 2 is 1.77 bits per heavy atom. The van der Waals surface area contributed by atoms with E-state index in [1.54, 1.807) is 6.07 Å². The minimum absolute atomic E-state index is 0.00192. The first-order valence-electron chi connectivity index (χ1n) is 7.48. The first-order chi connectivity index (χ1) is 12.1. The lowest BCUT2D eigenvalue weighted by molar-refractivity contribution is -0.0436. The minimum Gasteiger partial charge on any atom is -0.457 e. The first-order valence-corrected chi connectivity index (χ1v) is 8.96. The maximum Gasteiger partial charge on any atom is 0.501 e. The van der Waals surface area contributed by atoms with Crippen LogP contribution in [0, 0.1) is 17.1 Å². The summed E-state index contributed by atoms with van der Waals surface area (Å²) in [5, 5.41) is 8.86. The van der Waals surface area contributed by atoms with Gasteiger partial charge in [0.1, 0.15) is 17.3 Å². The van der Waals surface area contributed by atoms with Crippen molar-refractivity contribution in [2.75, 3.05) is 0 Å². The van der Waals surface area contributed by atoms with Gasteiger partial charge in [-0.05, 0) is 54.7 Å². The molecule has 0 radical (unpaired) electrons. The van der Waals surface area contributed by atoms with E-state index in [-0.39, 0.29) is 29.0 Å². The first kappa shape index (κ1) is 18.2. The molecule has 0 saturated heterocycles. The van der Waals surface area contributed by atoms with Crippen molar-refractivity contribution in [2.45, 2.75) is 29.7 Å². The maximum atomic E-state index is 13.5. The van der Waals surface area contributed by atoms with Crippen LogP contribution in [-0.4, -0.2) is 13.9 Å². The second-order valence-corrected chi connectivity index (χ2v) is 7.62. The fourth-order valence-electron chi connectivity index (χ4n) is 2.93. The normalized spacial score (nSPS) is 14.0. The fraction of sp³-hybridized carbons (Fsp3) is 0.235. The molecule has 0 unspecified atom stereocenters. The molecule has 136 valence electrons. The molecule has 26 heavy (non-hydrogen) atoms. The van der Waals surface area contributed by atoms with Crippen molar-refractivity contribution in [3.63, 3.8) is 0 Å². The van der Waals surface area contributed by atoms with Crippen molar-refractivity contribution in [2.24, 2.45) is 0 Å². The second kappa shape index (κ2) is 6.29. The molecule has 0 aliphatic heterocycles. The maximum absolute atomic E-state index is 13.5. The molecule has 0 amide bonds. The van der Waals surface area contributed by atoms with Gasteiger partial charge in [0.25, 0.3) is 9.84 Å². The molecule has 4 nitrogen and oxygen atoms in total. The molecule has 2 aromatic carbocycles. The van der Waals surface area contributed by atoms with Crippen LogP contribution >= 0.6 is 0 Å². The number of ether oxygens (including phenoxy) is 1. The highest BCUT2D eigenvalue weighted by Crippen LogP contribution is 2.41. The number of nitriles is 1. The smallest absolute Gasteiger partial charge is 0.457 e. The molecule has 1 aliphatic carbocycles. The Kier molecular flexibility index (Phi) is 4.40. The van der Waals surface area contributed by atoms with Crippen LogP contribution in [0.2, 0.25) is 0 Å². The topological polar surface area (TPSA) is 67.2 Å². The molecule has 0 fully saturated rings. The lowest BCUT2D eigenvalue weighted by atomic mass is 10.1. The Labute approximate surface area is 146 Å². The van der Waals surface area contributed by atoms with Crippen molar-refractivity contribution in [3.8, 4) is 17.6 Å². The molecule has 0 atom stereocenters. The molecule has 0 N–H and O–H groups in total. The average Bonchev–Trinajstić information content (AvgIpc) is 3.03. The van der Waals surface area contributed by atoms with Crippen molar-refractivity contribution in [1.82, 2.24) is 0 Å². The Balaban J connectivity index is 2.06. The van der Waals surface area contributed by atoms with Crippen molar-refractivity contribution < 1.29 is 30.7 Å². The van der Waals surface area contributed by atoms with Crippen molar-refractivity contribution in [1.29, 1.82) is 5.26 Å². The van der Waals surface area contributed by atoms with Gasteiger partial charge in [-0.1, -0.05) is 0 Å². The summed E-state index contributed by atoms with van der Waals surface area (Å²) in [5.74, 6) is -0.554. The van der Waals surface area contributed by atoms with E-state index in [0.29, 0.717) is 18.4 Å². The van der Waals surface area contributed by atoms with E-state index in [1.165, 1.54) is 6.07 Å². The van der Waals surface area contributed by atoms with Gasteiger partial charge in [0.15, 0.2) is 0 Å². The SMILES string of the molecule is N#Cc1cc(F)cc(Oc2ccc(S(=O)(=O)C(F)(F)F)c3c2CCC3)c1. The molecule has 9 heteroatoms. The zero-order chi connectivity index (χ0) is 19.1. The Morgan fingerprint density at radius 3 is 2.42 bits per heavy atom. The molecule has 3 rings (SSSR count). The highest BCUT2D eigenvalue weighted by atomic mass is 32.2. The molecule has 0 bridgehead atoms. The summed E-state index contributed by atoms with van der Waals surface area (Å²) in [6, 6.07) is 7.07. The molecule has 0 spiro atoms. The monoisotopic (exact) mass is 385 g/mol. The van der Waals surface area contributed by atoms with E-state index >= 15 is 0 Å². The van der Waals surface area contributed by atoms with Gasteiger partial charge in [-0.25, -0.2) is 12.8 Å². The van der Waals surface area contributed by atoms with Gasteiger partial charge >= 0.3 is 5.51 Å². The van der Waals surface area contributed by atoms with Crippen LogP contribution in [0.3, 0.4) is 0 Å². The quantitative estimate of drug-likeness (QED) is 0.740. The zero-order valence-corrected chi connectivity index (χ0v) is 13.9. The summed E-state index contributed by atoms with van der Waals surface area (Å²) >= 11 is 0. The van der Waals surface area contributed by atoms with Crippen LogP contribution in [-0.2, 0) is 22.7 Å². The number of benzene rings is 2. The number of halogens is 4. The van der Waals surface area contributed by atoms with Gasteiger partial charge in [0.05, 0.1) is 16.5 Å². The van der Waals surface area contributed by atoms with Crippen LogP contribution in [0.15, 0.2) is 35.2 Å². The van der Waals surface area contributed by atoms with Crippen LogP contribution in [0.4, 0.5) is 17.6 Å². The van der Waals surface area contributed by atoms with E-state index in [0.717, 1.165) is 24.3 Å². The van der Waals surface area contributed by atoms with Crippen molar-refractivity contribution >= 4 is 9.84 Å². The number of rotatable bonds is 3. The van der Waals surface area contributed by atoms with Crippen molar-refractivity contribution in [3.05, 3.63) is 52.8 Å². The Hall–Kier alpha value is -2.60. The molecular formula is C17H11F4NO3S. The standard InChI is InChI=1S/C17H11F4NO3S/c18-11-6-10(9-22)7-12(8-11)25-15-4-5-16(14-3-1-2-13(14)15)26(23,24)17(19,20)21/h4-8H,1-3H2. The molecule has 0 saturated carbocycles. The predicted octanol–water partition coefficient (Wildman–Crippen LogP) is 4.27. The third-order valence-electron chi connectivity index (χ3n) is 4.02. The van der Waals surface area contributed by atoms with Crippen LogP contribution in [0.5, 0.6) is 11.5 Å². The lowest BCUT2D eigenvalue weighted by Gasteiger charge is -2.15. The highest BCUT2D eigenvalue weighted by molar-refractivity contribution is 7.92. The van der Waals surface area contributed by atoms with Crippen LogP contribution < -0.4 is 4.74 Å². The summed E-state index contributed by atoms with van der Waals surface area (Å²) in [7, 11) is -5.47. The Bertz CT molecular complexity index is 1020. The number of hydrogen-bond acceptors (Lipinski definition) is 4. The molecular weight excluding hydrogens is 374 g/mol. The fourth-order valence-corrected chi connectivity index (χ4v) is 3.97. The van der Waals surface area contributed by atoms with Gasteiger partial charge in [-0.2, -0.15) is 18.4 Å². The molecule has 2 aromatic rings. The summed E-state index contributed by atoms with van der Waals surface area (Å²) < 4.78 is 81.2.